The highest BCUT2D eigenvalue weighted by Gasteiger charge is 2.34. The van der Waals surface area contributed by atoms with Gasteiger partial charge in [0.15, 0.2) is 0 Å². The summed E-state index contributed by atoms with van der Waals surface area (Å²) in [6.07, 6.45) is 5.65. The number of nitrogens with zero attached hydrogens (tertiary/aromatic N) is 3. The normalized spacial score (nSPS) is 20.3. The molecule has 1 fully saturated rings. The molecule has 1 aliphatic rings. The van der Waals surface area contributed by atoms with Crippen LogP contribution >= 0.6 is 0 Å². The van der Waals surface area contributed by atoms with Crippen LogP contribution in [0.2, 0.25) is 0 Å². The molecule has 0 bridgehead atoms. The fourth-order valence-electron chi connectivity index (χ4n) is 2.62. The third-order valence-electron chi connectivity index (χ3n) is 3.55. The zero-order valence-corrected chi connectivity index (χ0v) is 12.9. The molecule has 0 saturated carbocycles. The molecule has 112 valence electrons. The molecule has 0 spiro atoms. The molecule has 0 amide bonds. The number of carbonyl (C=O) groups excluding carboxylic acids is 1. The van der Waals surface area contributed by atoms with E-state index in [1.807, 2.05) is 33.3 Å². The number of aryl methyl sites for hydroxylation is 1. The Kier molecular flexibility index (Phi) is 4.48. The Morgan fingerprint density at radius 2 is 2.25 bits per heavy atom. The number of rotatable bonds is 4. The number of carbonyl (C=O) groups is 1. The van der Waals surface area contributed by atoms with E-state index >= 15 is 0 Å². The number of likely N-dealkylation sites (tertiary alicyclic amines) is 1. The Morgan fingerprint density at radius 3 is 2.90 bits per heavy atom. The maximum atomic E-state index is 12.3. The number of hydrogen-bond acceptors (Lipinski definition) is 4. The van der Waals surface area contributed by atoms with Crippen LogP contribution < -0.4 is 0 Å². The Labute approximate surface area is 120 Å². The Bertz CT molecular complexity index is 462. The molecule has 0 aromatic carbocycles. The lowest BCUT2D eigenvalue weighted by Gasteiger charge is -2.27. The summed E-state index contributed by atoms with van der Waals surface area (Å²) in [6, 6.07) is -0.116. The van der Waals surface area contributed by atoms with E-state index in [0.717, 1.165) is 38.2 Å². The maximum absolute atomic E-state index is 12.3. The van der Waals surface area contributed by atoms with Gasteiger partial charge in [-0.1, -0.05) is 0 Å². The van der Waals surface area contributed by atoms with E-state index in [9.17, 15) is 4.79 Å². The molecule has 0 unspecified atom stereocenters. The van der Waals surface area contributed by atoms with Crippen LogP contribution in [0.5, 0.6) is 0 Å². The summed E-state index contributed by atoms with van der Waals surface area (Å²) in [4.78, 5) is 18.7. The number of aromatic nitrogens is 2. The monoisotopic (exact) mass is 279 g/mol. The second-order valence-corrected chi connectivity index (χ2v) is 6.33. The Hall–Kier alpha value is -1.36. The number of hydrogen-bond donors (Lipinski definition) is 0. The fourth-order valence-corrected chi connectivity index (χ4v) is 2.62. The summed E-state index contributed by atoms with van der Waals surface area (Å²) in [5.41, 5.74) is 0.735. The Morgan fingerprint density at radius 1 is 1.50 bits per heavy atom. The molecule has 0 aliphatic carbocycles. The first-order chi connectivity index (χ1) is 9.40. The van der Waals surface area contributed by atoms with E-state index < -0.39 is 5.60 Å². The van der Waals surface area contributed by atoms with Crippen molar-refractivity contribution in [3.63, 3.8) is 0 Å². The van der Waals surface area contributed by atoms with Crippen LogP contribution in [-0.4, -0.2) is 38.6 Å². The van der Waals surface area contributed by atoms with Crippen molar-refractivity contribution in [3.8, 4) is 0 Å². The maximum Gasteiger partial charge on any atom is 0.323 e. The van der Waals surface area contributed by atoms with Crippen LogP contribution in [-0.2, 0) is 22.6 Å². The minimum absolute atomic E-state index is 0.0995. The molecule has 0 N–H and O–H groups in total. The van der Waals surface area contributed by atoms with Gasteiger partial charge >= 0.3 is 5.97 Å². The van der Waals surface area contributed by atoms with Crippen LogP contribution in [0, 0.1) is 0 Å². The number of esters is 1. The summed E-state index contributed by atoms with van der Waals surface area (Å²) in [6.45, 7) is 10.4. The second kappa shape index (κ2) is 5.95. The van der Waals surface area contributed by atoms with Gasteiger partial charge in [-0.15, -0.1) is 0 Å². The third-order valence-corrected chi connectivity index (χ3v) is 3.55. The molecule has 1 aliphatic heterocycles. The van der Waals surface area contributed by atoms with Crippen molar-refractivity contribution < 1.29 is 9.53 Å². The van der Waals surface area contributed by atoms with Gasteiger partial charge in [-0.2, -0.15) is 0 Å². The van der Waals surface area contributed by atoms with Crippen molar-refractivity contribution in [2.45, 2.75) is 65.3 Å². The summed E-state index contributed by atoms with van der Waals surface area (Å²) in [7, 11) is 0. The average Bonchev–Trinajstić information content (AvgIpc) is 2.96. The van der Waals surface area contributed by atoms with Crippen molar-refractivity contribution in [2.24, 2.45) is 0 Å². The molecule has 1 aromatic heterocycles. The van der Waals surface area contributed by atoms with Crippen molar-refractivity contribution in [1.29, 1.82) is 0 Å². The summed E-state index contributed by atoms with van der Waals surface area (Å²) < 4.78 is 7.64. The van der Waals surface area contributed by atoms with Gasteiger partial charge in [0.05, 0.1) is 12.0 Å². The van der Waals surface area contributed by atoms with Crippen LogP contribution in [0.15, 0.2) is 12.5 Å². The molecule has 1 atom stereocenters. The van der Waals surface area contributed by atoms with Gasteiger partial charge < -0.3 is 9.30 Å². The lowest BCUT2D eigenvalue weighted by molar-refractivity contribution is -0.160. The summed E-state index contributed by atoms with van der Waals surface area (Å²) in [5.74, 6) is -0.0995. The average molecular weight is 279 g/mol. The molecular weight excluding hydrogens is 254 g/mol. The van der Waals surface area contributed by atoms with E-state index in [1.54, 1.807) is 0 Å². The largest absolute Gasteiger partial charge is 0.459 e. The first-order valence-electron chi connectivity index (χ1n) is 7.36. The third kappa shape index (κ3) is 3.60. The van der Waals surface area contributed by atoms with Gasteiger partial charge in [0.1, 0.15) is 11.6 Å². The van der Waals surface area contributed by atoms with Crippen molar-refractivity contribution in [2.75, 3.05) is 6.54 Å². The zero-order valence-electron chi connectivity index (χ0n) is 12.9. The van der Waals surface area contributed by atoms with Crippen LogP contribution in [0.25, 0.3) is 0 Å². The lowest BCUT2D eigenvalue weighted by atomic mass is 10.1. The quantitative estimate of drug-likeness (QED) is 0.793. The minimum Gasteiger partial charge on any atom is -0.459 e. The van der Waals surface area contributed by atoms with Gasteiger partial charge in [-0.3, -0.25) is 9.69 Å². The van der Waals surface area contributed by atoms with E-state index in [1.165, 1.54) is 0 Å². The lowest BCUT2D eigenvalue weighted by Crippen LogP contribution is -2.40. The minimum atomic E-state index is -0.420. The van der Waals surface area contributed by atoms with Crippen molar-refractivity contribution in [1.82, 2.24) is 14.5 Å². The zero-order chi connectivity index (χ0) is 14.8. The van der Waals surface area contributed by atoms with Gasteiger partial charge in [0, 0.05) is 19.3 Å². The molecule has 1 aromatic rings. The molecule has 2 heterocycles. The molecule has 2 rings (SSSR count). The van der Waals surface area contributed by atoms with Gasteiger partial charge in [-0.05, 0) is 47.1 Å². The first-order valence-corrected chi connectivity index (χ1v) is 7.36. The van der Waals surface area contributed by atoms with Crippen LogP contribution in [0.4, 0.5) is 0 Å². The molecule has 0 radical (unpaired) electrons. The van der Waals surface area contributed by atoms with E-state index in [-0.39, 0.29) is 12.0 Å². The fraction of sp³-hybridized carbons (Fsp3) is 0.733. The predicted molar refractivity (Wildman–Crippen MR) is 77.2 cm³/mol. The summed E-state index contributed by atoms with van der Waals surface area (Å²) >= 11 is 0. The Balaban J connectivity index is 2.02. The van der Waals surface area contributed by atoms with Crippen molar-refractivity contribution >= 4 is 5.97 Å². The molecular formula is C15H25N3O2. The van der Waals surface area contributed by atoms with Crippen molar-refractivity contribution in [3.05, 3.63) is 18.2 Å². The molecule has 1 saturated heterocycles. The summed E-state index contributed by atoms with van der Waals surface area (Å²) in [5, 5.41) is 0. The van der Waals surface area contributed by atoms with Crippen LogP contribution in [0.3, 0.4) is 0 Å². The standard InChI is InChI=1S/C15H25N3O2/c1-5-17-11-16-9-12(17)10-18-8-6-7-13(18)14(19)20-15(2,3)4/h9,11,13H,5-8,10H2,1-4H3/t13-/m0/s1. The predicted octanol–water partition coefficient (Wildman–Crippen LogP) is 2.21. The molecule has 5 heteroatoms. The molecule has 5 nitrogen and oxygen atoms in total. The smallest absolute Gasteiger partial charge is 0.323 e. The highest BCUT2D eigenvalue weighted by molar-refractivity contribution is 5.76. The van der Waals surface area contributed by atoms with E-state index in [2.05, 4.69) is 21.4 Å². The van der Waals surface area contributed by atoms with E-state index in [4.69, 9.17) is 4.74 Å². The van der Waals surface area contributed by atoms with Crippen LogP contribution in [0.1, 0.15) is 46.2 Å². The van der Waals surface area contributed by atoms with Gasteiger partial charge in [0.25, 0.3) is 0 Å². The number of ether oxygens (including phenoxy) is 1. The van der Waals surface area contributed by atoms with Gasteiger partial charge in [0.2, 0.25) is 0 Å². The second-order valence-electron chi connectivity index (χ2n) is 6.33. The highest BCUT2D eigenvalue weighted by Crippen LogP contribution is 2.23. The highest BCUT2D eigenvalue weighted by atomic mass is 16.6. The SMILES string of the molecule is CCn1cncc1CN1CCC[C@H]1C(=O)OC(C)(C)C. The van der Waals surface area contributed by atoms with Gasteiger partial charge in [-0.25, -0.2) is 4.98 Å². The first kappa shape index (κ1) is 15.0. The topological polar surface area (TPSA) is 47.4 Å². The van der Waals surface area contributed by atoms with E-state index in [0.29, 0.717) is 0 Å². The molecule has 20 heavy (non-hydrogen) atoms. The number of imidazole rings is 1.